The summed E-state index contributed by atoms with van der Waals surface area (Å²) in [5, 5.41) is 2.91. The van der Waals surface area contributed by atoms with E-state index in [1.54, 1.807) is 36.5 Å². The van der Waals surface area contributed by atoms with Gasteiger partial charge in [-0.15, -0.1) is 0 Å². The quantitative estimate of drug-likeness (QED) is 0.457. The molecule has 1 aromatic carbocycles. The largest absolute Gasteiger partial charge is 0.491 e. The summed E-state index contributed by atoms with van der Waals surface area (Å²) >= 11 is 1.31. The third-order valence-corrected chi connectivity index (χ3v) is 7.74. The van der Waals surface area contributed by atoms with Crippen molar-refractivity contribution >= 4 is 38.3 Å². The van der Waals surface area contributed by atoms with Gasteiger partial charge in [-0.3, -0.25) is 10.1 Å². The number of hydrogen-bond acceptors (Lipinski definition) is 8. The molecular weight excluding hydrogens is 462 g/mol. The van der Waals surface area contributed by atoms with E-state index in [1.165, 1.54) is 23.6 Å². The van der Waals surface area contributed by atoms with E-state index in [4.69, 9.17) is 9.47 Å². The summed E-state index contributed by atoms with van der Waals surface area (Å²) in [4.78, 5) is 21.9. The first kappa shape index (κ1) is 22.9. The molecule has 1 aliphatic rings. The van der Waals surface area contributed by atoms with Gasteiger partial charge in [-0.05, 0) is 51.0 Å². The first-order valence-electron chi connectivity index (χ1n) is 10.3. The molecule has 0 radical (unpaired) electrons. The topological polar surface area (TPSA) is 107 Å². The van der Waals surface area contributed by atoms with Crippen molar-refractivity contribution < 1.29 is 22.7 Å². The molecule has 2 aromatic heterocycles. The molecule has 1 aliphatic carbocycles. The molecule has 172 valence electrons. The van der Waals surface area contributed by atoms with Gasteiger partial charge in [-0.25, -0.2) is 18.4 Å². The van der Waals surface area contributed by atoms with Crippen LogP contribution in [0.3, 0.4) is 0 Å². The van der Waals surface area contributed by atoms with E-state index < -0.39 is 9.84 Å². The van der Waals surface area contributed by atoms with Crippen LogP contribution >= 0.6 is 11.3 Å². The molecule has 1 saturated carbocycles. The molecule has 0 spiro atoms. The number of pyridine rings is 1. The summed E-state index contributed by atoms with van der Waals surface area (Å²) in [6, 6.07) is 7.83. The molecule has 0 atom stereocenters. The number of nitrogens with one attached hydrogen (secondary N) is 1. The summed E-state index contributed by atoms with van der Waals surface area (Å²) in [6.07, 6.45) is 5.87. The van der Waals surface area contributed by atoms with Crippen LogP contribution in [0.4, 0.5) is 5.13 Å². The molecule has 33 heavy (non-hydrogen) atoms. The van der Waals surface area contributed by atoms with E-state index in [0.717, 1.165) is 4.88 Å². The number of anilines is 1. The molecule has 0 aliphatic heterocycles. The van der Waals surface area contributed by atoms with Gasteiger partial charge in [-0.2, -0.15) is 0 Å². The van der Waals surface area contributed by atoms with Crippen LogP contribution in [0.5, 0.6) is 17.2 Å². The lowest BCUT2D eigenvalue weighted by molar-refractivity contribution is 0.102. The average molecular weight is 486 g/mol. The Kier molecular flexibility index (Phi) is 6.48. The summed E-state index contributed by atoms with van der Waals surface area (Å²) in [5.74, 6) is 0.777. The number of nitrogens with zero attached hydrogens (tertiary/aromatic N) is 2. The van der Waals surface area contributed by atoms with Crippen molar-refractivity contribution in [1.29, 1.82) is 0 Å². The number of ether oxygens (including phenoxy) is 2. The highest BCUT2D eigenvalue weighted by Gasteiger charge is 2.37. The second-order valence-electron chi connectivity index (χ2n) is 7.76. The molecule has 1 fully saturated rings. The van der Waals surface area contributed by atoms with Crippen LogP contribution < -0.4 is 14.8 Å². The van der Waals surface area contributed by atoms with Gasteiger partial charge in [0.15, 0.2) is 20.0 Å². The highest BCUT2D eigenvalue weighted by molar-refractivity contribution is 7.92. The van der Waals surface area contributed by atoms with E-state index in [1.807, 2.05) is 13.8 Å². The zero-order valence-electron chi connectivity index (χ0n) is 18.1. The number of rotatable bonds is 9. The Hall–Kier alpha value is -3.24. The minimum atomic E-state index is -3.37. The minimum absolute atomic E-state index is 0.0386. The van der Waals surface area contributed by atoms with Crippen molar-refractivity contribution in [1.82, 2.24) is 9.97 Å². The van der Waals surface area contributed by atoms with Crippen molar-refractivity contribution in [2.45, 2.75) is 43.1 Å². The Balaban J connectivity index is 1.56. The van der Waals surface area contributed by atoms with Crippen LogP contribution in [0, 0.1) is 0 Å². The summed E-state index contributed by atoms with van der Waals surface area (Å²) < 4.78 is 36.3. The van der Waals surface area contributed by atoms with Gasteiger partial charge in [0.2, 0.25) is 0 Å². The third kappa shape index (κ3) is 5.58. The van der Waals surface area contributed by atoms with Gasteiger partial charge in [0, 0.05) is 22.7 Å². The molecule has 0 bridgehead atoms. The molecule has 4 rings (SSSR count). The third-order valence-electron chi connectivity index (χ3n) is 4.66. The Labute approximate surface area is 196 Å². The Bertz CT molecular complexity index is 1280. The number of sulfone groups is 1. The zero-order valence-corrected chi connectivity index (χ0v) is 19.8. The van der Waals surface area contributed by atoms with Crippen molar-refractivity contribution in [2.24, 2.45) is 0 Å². The van der Waals surface area contributed by atoms with E-state index in [2.05, 4.69) is 21.9 Å². The molecule has 3 aromatic rings. The summed E-state index contributed by atoms with van der Waals surface area (Å²) in [5.41, 5.74) is 0.319. The molecule has 0 saturated heterocycles. The van der Waals surface area contributed by atoms with Crippen LogP contribution in [0.2, 0.25) is 0 Å². The monoisotopic (exact) mass is 485 g/mol. The number of carbonyl (C=O) groups excluding carboxylic acids is 1. The molecular formula is C23H23N3O5S2. The summed E-state index contributed by atoms with van der Waals surface area (Å²) in [6.45, 7) is 7.44. The second kappa shape index (κ2) is 9.32. The number of hydrogen-bond donors (Lipinski definition) is 1. The second-order valence-corrected chi connectivity index (χ2v) is 11.0. The van der Waals surface area contributed by atoms with Gasteiger partial charge < -0.3 is 9.47 Å². The summed E-state index contributed by atoms with van der Waals surface area (Å²) in [7, 11) is -3.37. The Morgan fingerprint density at radius 2 is 1.91 bits per heavy atom. The lowest BCUT2D eigenvalue weighted by Gasteiger charge is -2.14. The highest BCUT2D eigenvalue weighted by atomic mass is 32.2. The predicted octanol–water partition coefficient (Wildman–Crippen LogP) is 4.95. The fourth-order valence-corrected chi connectivity index (χ4v) is 5.21. The maximum atomic E-state index is 12.8. The van der Waals surface area contributed by atoms with E-state index in [9.17, 15) is 13.2 Å². The van der Waals surface area contributed by atoms with E-state index in [-0.39, 0.29) is 22.3 Å². The van der Waals surface area contributed by atoms with Gasteiger partial charge in [0.05, 0.1) is 17.6 Å². The SMILES string of the molecule is C=Cc1cnc(NC(=O)c2cc(Oc3ccc(S(=O)(=O)C4CC4)nc3)cc(OC(C)C)c2)s1. The van der Waals surface area contributed by atoms with E-state index >= 15 is 0 Å². The number of benzene rings is 1. The number of aromatic nitrogens is 2. The molecule has 1 amide bonds. The Morgan fingerprint density at radius 1 is 1.15 bits per heavy atom. The maximum Gasteiger partial charge on any atom is 0.257 e. The van der Waals surface area contributed by atoms with Crippen molar-refractivity contribution in [2.75, 3.05) is 5.32 Å². The highest BCUT2D eigenvalue weighted by Crippen LogP contribution is 2.34. The number of thiazole rings is 1. The first-order valence-corrected chi connectivity index (χ1v) is 12.7. The lowest BCUT2D eigenvalue weighted by atomic mass is 10.2. The van der Waals surface area contributed by atoms with Gasteiger partial charge in [0.1, 0.15) is 17.2 Å². The normalized spacial score (nSPS) is 13.5. The lowest BCUT2D eigenvalue weighted by Crippen LogP contribution is -2.13. The smallest absolute Gasteiger partial charge is 0.257 e. The standard InChI is InChI=1S/C23H23N3O5S2/c1-4-19-13-25-23(32-19)26-22(27)15-9-17(30-14(2)3)11-18(10-15)31-16-5-8-21(24-12-16)33(28,29)20-6-7-20/h4-5,8-14,20H,1,6-7H2,2-3H3,(H,25,26,27). The van der Waals surface area contributed by atoms with Crippen LogP contribution in [0.1, 0.15) is 41.9 Å². The fourth-order valence-electron chi connectivity index (χ4n) is 2.99. The van der Waals surface area contributed by atoms with Crippen LogP contribution in [0.25, 0.3) is 6.08 Å². The molecule has 8 nitrogen and oxygen atoms in total. The average Bonchev–Trinajstić information content (AvgIpc) is 3.54. The predicted molar refractivity (Wildman–Crippen MR) is 127 cm³/mol. The van der Waals surface area contributed by atoms with Gasteiger partial charge >= 0.3 is 0 Å². The molecule has 1 N–H and O–H groups in total. The molecule has 10 heteroatoms. The van der Waals surface area contributed by atoms with E-state index in [0.29, 0.717) is 40.8 Å². The minimum Gasteiger partial charge on any atom is -0.491 e. The van der Waals surface area contributed by atoms with Gasteiger partial charge in [0.25, 0.3) is 5.91 Å². The number of amides is 1. The molecule has 2 heterocycles. The van der Waals surface area contributed by atoms with Crippen LogP contribution in [-0.4, -0.2) is 35.6 Å². The number of carbonyl (C=O) groups is 1. The maximum absolute atomic E-state index is 12.8. The van der Waals surface area contributed by atoms with Crippen molar-refractivity contribution in [3.05, 3.63) is 59.7 Å². The van der Waals surface area contributed by atoms with Crippen LogP contribution in [0.15, 0.2) is 54.3 Å². The van der Waals surface area contributed by atoms with Crippen molar-refractivity contribution in [3.8, 4) is 17.2 Å². The molecule has 0 unspecified atom stereocenters. The Morgan fingerprint density at radius 3 is 2.52 bits per heavy atom. The van der Waals surface area contributed by atoms with Crippen LogP contribution in [-0.2, 0) is 9.84 Å². The van der Waals surface area contributed by atoms with Crippen molar-refractivity contribution in [3.63, 3.8) is 0 Å². The zero-order chi connectivity index (χ0) is 23.6. The fraction of sp³-hybridized carbons (Fsp3) is 0.261. The first-order chi connectivity index (χ1) is 15.7. The van der Waals surface area contributed by atoms with Gasteiger partial charge in [-0.1, -0.05) is 24.0 Å².